The van der Waals surface area contributed by atoms with Crippen molar-refractivity contribution < 1.29 is 13.2 Å². The molecule has 0 aliphatic rings. The first-order valence-corrected chi connectivity index (χ1v) is 4.67. The second kappa shape index (κ2) is 6.69. The summed E-state index contributed by atoms with van der Waals surface area (Å²) in [4.78, 5) is 0. The summed E-state index contributed by atoms with van der Waals surface area (Å²) in [6.45, 7) is 0. The van der Waals surface area contributed by atoms with Crippen LogP contribution in [0.2, 0.25) is 0 Å². The van der Waals surface area contributed by atoms with E-state index >= 15 is 0 Å². The van der Waals surface area contributed by atoms with Gasteiger partial charge in [-0.05, 0) is 12.8 Å². The van der Waals surface area contributed by atoms with Gasteiger partial charge in [-0.2, -0.15) is 29.0 Å². The zero-order chi connectivity index (χ0) is 12.6. The average molecular weight is 229 g/mol. The van der Waals surface area contributed by atoms with Crippen LogP contribution in [0.3, 0.4) is 0 Å². The number of nitrogens with zero attached hydrogens (tertiary/aromatic N) is 3. The van der Waals surface area contributed by atoms with Crippen molar-refractivity contribution in [1.82, 2.24) is 0 Å². The van der Waals surface area contributed by atoms with E-state index in [4.69, 9.17) is 15.8 Å². The molecular weight excluding hydrogens is 219 g/mol. The number of alkyl halides is 3. The molecule has 0 aliphatic carbocycles. The van der Waals surface area contributed by atoms with Gasteiger partial charge in [-0.3, -0.25) is 0 Å². The van der Waals surface area contributed by atoms with Crippen molar-refractivity contribution in [2.24, 2.45) is 11.8 Å². The van der Waals surface area contributed by atoms with Gasteiger partial charge in [-0.15, -0.1) is 0 Å². The smallest absolute Gasteiger partial charge is 0.198 e. The minimum absolute atomic E-state index is 0.00405. The van der Waals surface area contributed by atoms with E-state index in [-0.39, 0.29) is 19.3 Å². The molecular formula is C10H10F3N3. The molecule has 0 bridgehead atoms. The first-order valence-electron chi connectivity index (χ1n) is 4.67. The third-order valence-electron chi connectivity index (χ3n) is 2.19. The van der Waals surface area contributed by atoms with Crippen molar-refractivity contribution in [1.29, 1.82) is 15.8 Å². The fourth-order valence-corrected chi connectivity index (χ4v) is 1.34. The van der Waals surface area contributed by atoms with Crippen LogP contribution in [0.15, 0.2) is 0 Å². The van der Waals surface area contributed by atoms with Crippen molar-refractivity contribution in [3.8, 4) is 18.2 Å². The summed E-state index contributed by atoms with van der Waals surface area (Å²) in [7, 11) is 0. The predicted molar refractivity (Wildman–Crippen MR) is 48.3 cm³/mol. The maximum absolute atomic E-state index is 12.5. The summed E-state index contributed by atoms with van der Waals surface area (Å²) in [6, 6.07) is 4.82. The molecule has 0 saturated carbocycles. The largest absolute Gasteiger partial charge is 0.394 e. The van der Waals surface area contributed by atoms with Crippen LogP contribution in [-0.4, -0.2) is 6.18 Å². The second-order valence-corrected chi connectivity index (χ2v) is 3.30. The minimum Gasteiger partial charge on any atom is -0.198 e. The molecule has 0 aromatic heterocycles. The summed E-state index contributed by atoms with van der Waals surface area (Å²) < 4.78 is 37.5. The minimum atomic E-state index is -4.54. The normalized spacial score (nSPS) is 14.2. The maximum Gasteiger partial charge on any atom is 0.394 e. The van der Waals surface area contributed by atoms with Crippen LogP contribution in [0.4, 0.5) is 13.2 Å². The molecule has 0 rings (SSSR count). The van der Waals surface area contributed by atoms with E-state index in [9.17, 15) is 13.2 Å². The zero-order valence-corrected chi connectivity index (χ0v) is 8.46. The molecule has 0 spiro atoms. The van der Waals surface area contributed by atoms with Crippen molar-refractivity contribution in [2.45, 2.75) is 31.9 Å². The third-order valence-corrected chi connectivity index (χ3v) is 2.19. The average Bonchev–Trinajstić information content (AvgIpc) is 2.20. The molecule has 86 valence electrons. The van der Waals surface area contributed by atoms with Gasteiger partial charge in [0, 0.05) is 12.8 Å². The summed E-state index contributed by atoms with van der Waals surface area (Å²) in [5, 5.41) is 25.2. The number of halogens is 3. The Hall–Kier alpha value is -1.74. The van der Waals surface area contributed by atoms with E-state index in [0.29, 0.717) is 0 Å². The van der Waals surface area contributed by atoms with Crippen LogP contribution in [0.25, 0.3) is 0 Å². The highest BCUT2D eigenvalue weighted by Crippen LogP contribution is 2.36. The van der Waals surface area contributed by atoms with Gasteiger partial charge in [-0.1, -0.05) is 0 Å². The van der Waals surface area contributed by atoms with Gasteiger partial charge < -0.3 is 0 Å². The Kier molecular flexibility index (Phi) is 5.96. The fraction of sp³-hybridized carbons (Fsp3) is 0.700. The molecule has 0 aromatic carbocycles. The van der Waals surface area contributed by atoms with Gasteiger partial charge in [0.25, 0.3) is 0 Å². The molecule has 16 heavy (non-hydrogen) atoms. The standard InChI is InChI=1S/C10H10F3N3/c11-10(12,13)9(4-6-15)8(7-16)3-1-2-5-14/h8-9H,1-4H2. The highest BCUT2D eigenvalue weighted by molar-refractivity contribution is 4.95. The van der Waals surface area contributed by atoms with Gasteiger partial charge in [0.2, 0.25) is 0 Å². The first kappa shape index (κ1) is 14.3. The maximum atomic E-state index is 12.5. The molecule has 0 saturated heterocycles. The predicted octanol–water partition coefficient (Wildman–Crippen LogP) is 2.91. The van der Waals surface area contributed by atoms with Crippen LogP contribution >= 0.6 is 0 Å². The Morgan fingerprint density at radius 2 is 1.69 bits per heavy atom. The van der Waals surface area contributed by atoms with Crippen molar-refractivity contribution in [3.63, 3.8) is 0 Å². The fourth-order valence-electron chi connectivity index (χ4n) is 1.34. The molecule has 0 fully saturated rings. The Balaban J connectivity index is 4.57. The lowest BCUT2D eigenvalue weighted by Crippen LogP contribution is -2.29. The molecule has 2 atom stereocenters. The van der Waals surface area contributed by atoms with Crippen LogP contribution in [-0.2, 0) is 0 Å². The van der Waals surface area contributed by atoms with Gasteiger partial charge in [-0.25, -0.2) is 0 Å². The second-order valence-electron chi connectivity index (χ2n) is 3.30. The Bertz CT molecular complexity index is 329. The highest BCUT2D eigenvalue weighted by Gasteiger charge is 2.44. The molecule has 0 heterocycles. The van der Waals surface area contributed by atoms with Gasteiger partial charge in [0.1, 0.15) is 0 Å². The lowest BCUT2D eigenvalue weighted by Gasteiger charge is -2.21. The molecule has 0 radical (unpaired) electrons. The Morgan fingerprint density at radius 3 is 2.06 bits per heavy atom. The monoisotopic (exact) mass is 229 g/mol. The van der Waals surface area contributed by atoms with Gasteiger partial charge >= 0.3 is 6.18 Å². The lowest BCUT2D eigenvalue weighted by atomic mass is 9.86. The Morgan fingerprint density at radius 1 is 1.06 bits per heavy atom. The van der Waals surface area contributed by atoms with Crippen LogP contribution < -0.4 is 0 Å². The van der Waals surface area contributed by atoms with E-state index in [2.05, 4.69) is 0 Å². The van der Waals surface area contributed by atoms with E-state index in [1.54, 1.807) is 12.1 Å². The van der Waals surface area contributed by atoms with Crippen molar-refractivity contribution in [2.75, 3.05) is 0 Å². The summed E-state index contributed by atoms with van der Waals surface area (Å²) >= 11 is 0. The third kappa shape index (κ3) is 4.66. The lowest BCUT2D eigenvalue weighted by molar-refractivity contribution is -0.183. The van der Waals surface area contributed by atoms with Gasteiger partial charge in [0.15, 0.2) is 0 Å². The van der Waals surface area contributed by atoms with Crippen LogP contribution in [0, 0.1) is 45.8 Å². The molecule has 2 unspecified atom stereocenters. The van der Waals surface area contributed by atoms with E-state index in [1.807, 2.05) is 0 Å². The van der Waals surface area contributed by atoms with E-state index in [1.165, 1.54) is 6.07 Å². The molecule has 0 amide bonds. The molecule has 6 heteroatoms. The zero-order valence-electron chi connectivity index (χ0n) is 8.46. The number of unbranched alkanes of at least 4 members (excludes halogenated alkanes) is 1. The number of nitriles is 3. The summed E-state index contributed by atoms with van der Waals surface area (Å²) in [5.74, 6) is -3.16. The Labute approximate surface area is 91.7 Å². The van der Waals surface area contributed by atoms with E-state index in [0.717, 1.165) is 0 Å². The summed E-state index contributed by atoms with van der Waals surface area (Å²) in [5.41, 5.74) is 0. The topological polar surface area (TPSA) is 71.4 Å². The van der Waals surface area contributed by atoms with Crippen molar-refractivity contribution in [3.05, 3.63) is 0 Å². The number of hydrogen-bond acceptors (Lipinski definition) is 3. The molecule has 0 aliphatic heterocycles. The SMILES string of the molecule is N#CCCCC(C#N)C(CC#N)C(F)(F)F. The molecule has 0 N–H and O–H groups in total. The van der Waals surface area contributed by atoms with Crippen molar-refractivity contribution >= 4 is 0 Å². The number of hydrogen-bond donors (Lipinski definition) is 0. The van der Waals surface area contributed by atoms with Crippen LogP contribution in [0.1, 0.15) is 25.7 Å². The summed E-state index contributed by atoms with van der Waals surface area (Å²) in [6.07, 6.45) is -4.89. The molecule has 0 aromatic rings. The first-order chi connectivity index (χ1) is 7.47. The molecule has 3 nitrogen and oxygen atoms in total. The quantitative estimate of drug-likeness (QED) is 0.680. The van der Waals surface area contributed by atoms with E-state index < -0.39 is 24.4 Å². The number of rotatable bonds is 5. The van der Waals surface area contributed by atoms with Crippen LogP contribution in [0.5, 0.6) is 0 Å². The highest BCUT2D eigenvalue weighted by atomic mass is 19.4. The van der Waals surface area contributed by atoms with Gasteiger partial charge in [0.05, 0.1) is 30.0 Å².